The highest BCUT2D eigenvalue weighted by Crippen LogP contribution is 2.29. The molecule has 2 amide bonds. The molecule has 2 fully saturated rings. The van der Waals surface area contributed by atoms with Crippen LogP contribution in [0.15, 0.2) is 17.0 Å². The van der Waals surface area contributed by atoms with Crippen molar-refractivity contribution < 1.29 is 36.6 Å². The van der Waals surface area contributed by atoms with Crippen molar-refractivity contribution in [2.75, 3.05) is 25.9 Å². The fraction of sp³-hybridized carbons (Fsp3) is 0.556. The second-order valence-corrected chi connectivity index (χ2v) is 9.25. The number of halogens is 2. The third kappa shape index (κ3) is 4.60. The number of nitrogens with zero attached hydrogens (tertiary/aromatic N) is 2. The van der Waals surface area contributed by atoms with E-state index in [2.05, 4.69) is 0 Å². The van der Waals surface area contributed by atoms with Gasteiger partial charge in [-0.2, -0.15) is 0 Å². The second kappa shape index (κ2) is 8.13. The number of amides is 2. The Balaban J connectivity index is 1.72. The maximum Gasteiger partial charge on any atom is 0.407 e. The lowest BCUT2D eigenvalue weighted by Gasteiger charge is -2.41. The lowest BCUT2D eigenvalue weighted by atomic mass is 9.98. The molecule has 160 valence electrons. The average Bonchev–Trinajstić information content (AvgIpc) is 2.65. The predicted molar refractivity (Wildman–Crippen MR) is 97.5 cm³/mol. The minimum Gasteiger partial charge on any atom is -0.477 e. The van der Waals surface area contributed by atoms with E-state index in [-0.39, 0.29) is 11.9 Å². The summed E-state index contributed by atoms with van der Waals surface area (Å²) in [4.78, 5) is 26.0. The van der Waals surface area contributed by atoms with E-state index in [1.54, 1.807) is 4.90 Å². The summed E-state index contributed by atoms with van der Waals surface area (Å²) >= 11 is 0. The summed E-state index contributed by atoms with van der Waals surface area (Å²) in [5.41, 5.74) is 0. The number of carbonyl (C=O) groups excluding carboxylic acids is 1. The average molecular weight is 432 g/mol. The van der Waals surface area contributed by atoms with Gasteiger partial charge in [-0.15, -0.1) is 0 Å². The Kier molecular flexibility index (Phi) is 5.97. The molecule has 1 unspecified atom stereocenters. The topological polar surface area (TPSA) is 104 Å². The smallest absolute Gasteiger partial charge is 0.407 e. The van der Waals surface area contributed by atoms with Crippen LogP contribution in [0.5, 0.6) is 5.75 Å². The number of hydrogen-bond donors (Lipinski definition) is 1. The third-order valence-corrected chi connectivity index (χ3v) is 6.37. The van der Waals surface area contributed by atoms with Gasteiger partial charge in [0, 0.05) is 38.0 Å². The number of rotatable bonds is 4. The summed E-state index contributed by atoms with van der Waals surface area (Å²) in [5, 5.41) is 9.03. The number of carbonyl (C=O) groups is 2. The largest absolute Gasteiger partial charge is 0.477 e. The maximum absolute atomic E-state index is 14.3. The van der Waals surface area contributed by atoms with Crippen molar-refractivity contribution in [3.8, 4) is 5.75 Å². The van der Waals surface area contributed by atoms with Crippen molar-refractivity contribution in [3.05, 3.63) is 23.8 Å². The van der Waals surface area contributed by atoms with Crippen LogP contribution in [0.25, 0.3) is 0 Å². The fourth-order valence-corrected chi connectivity index (χ4v) is 4.48. The Morgan fingerprint density at radius 3 is 2.38 bits per heavy atom. The van der Waals surface area contributed by atoms with E-state index in [0.29, 0.717) is 57.5 Å². The van der Waals surface area contributed by atoms with Gasteiger partial charge >= 0.3 is 6.09 Å². The van der Waals surface area contributed by atoms with E-state index in [4.69, 9.17) is 9.84 Å². The summed E-state index contributed by atoms with van der Waals surface area (Å²) in [6.45, 7) is 1.13. The molecule has 8 nitrogen and oxygen atoms in total. The number of piperidine rings is 2. The van der Waals surface area contributed by atoms with Crippen molar-refractivity contribution >= 4 is 21.8 Å². The van der Waals surface area contributed by atoms with E-state index >= 15 is 0 Å². The predicted octanol–water partition coefficient (Wildman–Crippen LogP) is 1.88. The molecule has 0 bridgehead atoms. The maximum atomic E-state index is 14.3. The van der Waals surface area contributed by atoms with Crippen LogP contribution in [-0.4, -0.2) is 73.4 Å². The van der Waals surface area contributed by atoms with Crippen LogP contribution in [0, 0.1) is 11.6 Å². The van der Waals surface area contributed by atoms with Crippen molar-refractivity contribution in [1.82, 2.24) is 9.80 Å². The van der Waals surface area contributed by atoms with Gasteiger partial charge in [-0.25, -0.2) is 22.0 Å². The highest BCUT2D eigenvalue weighted by molar-refractivity contribution is 7.90. The van der Waals surface area contributed by atoms with E-state index in [0.717, 1.165) is 6.26 Å². The highest BCUT2D eigenvalue weighted by Gasteiger charge is 2.37. The standard InChI is InChI=1S/C18H22F2N2O6S/c1-29(26,27)16-10-12(19)15(9-13(16)20)28-14-3-2-6-22(17(14)23)11-4-7-21(8-5-11)18(24)25/h9-11,14H,2-8H2,1H3,(H,24,25). The van der Waals surface area contributed by atoms with E-state index < -0.39 is 44.3 Å². The summed E-state index contributed by atoms with van der Waals surface area (Å²) in [7, 11) is -3.94. The molecule has 1 N–H and O–H groups in total. The van der Waals surface area contributed by atoms with Gasteiger partial charge in [0.2, 0.25) is 0 Å². The summed E-state index contributed by atoms with van der Waals surface area (Å²) in [6.07, 6.45) is 0.667. The molecule has 2 heterocycles. The molecular weight excluding hydrogens is 410 g/mol. The van der Waals surface area contributed by atoms with Gasteiger partial charge in [-0.1, -0.05) is 0 Å². The van der Waals surface area contributed by atoms with Crippen LogP contribution >= 0.6 is 0 Å². The van der Waals surface area contributed by atoms with Crippen LogP contribution in [0.3, 0.4) is 0 Å². The first-order valence-corrected chi connectivity index (χ1v) is 11.1. The number of likely N-dealkylation sites (tertiary alicyclic amines) is 2. The van der Waals surface area contributed by atoms with Gasteiger partial charge in [0.25, 0.3) is 5.91 Å². The van der Waals surface area contributed by atoms with Gasteiger partial charge < -0.3 is 19.6 Å². The van der Waals surface area contributed by atoms with Crippen molar-refractivity contribution in [2.24, 2.45) is 0 Å². The Bertz CT molecular complexity index is 915. The Morgan fingerprint density at radius 1 is 1.14 bits per heavy atom. The molecule has 2 saturated heterocycles. The van der Waals surface area contributed by atoms with Crippen LogP contribution in [-0.2, 0) is 14.6 Å². The minimum atomic E-state index is -3.94. The molecule has 0 spiro atoms. The molecule has 2 aliphatic rings. The lowest BCUT2D eigenvalue weighted by Crippen LogP contribution is -2.54. The molecule has 3 rings (SSSR count). The molecule has 0 saturated carbocycles. The fourth-order valence-electron chi connectivity index (χ4n) is 3.74. The number of carboxylic acid groups (broad SMARTS) is 1. The van der Waals surface area contributed by atoms with Crippen molar-refractivity contribution in [2.45, 2.75) is 42.7 Å². The minimum absolute atomic E-state index is 0.140. The highest BCUT2D eigenvalue weighted by atomic mass is 32.2. The quantitative estimate of drug-likeness (QED) is 0.779. The molecule has 2 aliphatic heterocycles. The first-order valence-electron chi connectivity index (χ1n) is 9.22. The normalized spacial score (nSPS) is 21.3. The number of ether oxygens (including phenoxy) is 1. The monoisotopic (exact) mass is 432 g/mol. The molecule has 0 aromatic heterocycles. The number of hydrogen-bond acceptors (Lipinski definition) is 5. The molecule has 1 aromatic carbocycles. The van der Waals surface area contributed by atoms with Gasteiger partial charge in [-0.3, -0.25) is 4.79 Å². The second-order valence-electron chi connectivity index (χ2n) is 7.27. The number of benzene rings is 1. The SMILES string of the molecule is CS(=O)(=O)c1cc(F)c(OC2CCCN(C3CCN(C(=O)O)CC3)C2=O)cc1F. The van der Waals surface area contributed by atoms with Crippen LogP contribution in [0.4, 0.5) is 13.6 Å². The molecule has 11 heteroatoms. The van der Waals surface area contributed by atoms with Gasteiger partial charge in [-0.05, 0) is 31.7 Å². The number of sulfone groups is 1. The van der Waals surface area contributed by atoms with Crippen molar-refractivity contribution in [1.29, 1.82) is 0 Å². The summed E-state index contributed by atoms with van der Waals surface area (Å²) in [6, 6.07) is 1.05. The molecule has 0 radical (unpaired) electrons. The van der Waals surface area contributed by atoms with Crippen LogP contribution in [0.2, 0.25) is 0 Å². The summed E-state index contributed by atoms with van der Waals surface area (Å²) in [5.74, 6) is -3.09. The first kappa shape index (κ1) is 21.3. The molecular formula is C18H22F2N2O6S. The molecule has 1 atom stereocenters. The molecule has 1 aromatic rings. The van der Waals surface area contributed by atoms with E-state index in [9.17, 15) is 26.8 Å². The third-order valence-electron chi connectivity index (χ3n) is 5.25. The zero-order valence-corrected chi connectivity index (χ0v) is 16.6. The Hall–Kier alpha value is -2.43. The summed E-state index contributed by atoms with van der Waals surface area (Å²) < 4.78 is 56.8. The van der Waals surface area contributed by atoms with Gasteiger partial charge in [0.1, 0.15) is 10.7 Å². The molecule has 29 heavy (non-hydrogen) atoms. The van der Waals surface area contributed by atoms with Crippen LogP contribution in [0.1, 0.15) is 25.7 Å². The first-order chi connectivity index (χ1) is 13.6. The van der Waals surface area contributed by atoms with Gasteiger partial charge in [0.05, 0.1) is 0 Å². The van der Waals surface area contributed by atoms with E-state index in [1.165, 1.54) is 4.90 Å². The Labute approximate surface area is 167 Å². The van der Waals surface area contributed by atoms with Gasteiger partial charge in [0.15, 0.2) is 27.5 Å². The lowest BCUT2D eigenvalue weighted by molar-refractivity contribution is -0.145. The van der Waals surface area contributed by atoms with E-state index in [1.807, 2.05) is 0 Å². The Morgan fingerprint density at radius 2 is 1.79 bits per heavy atom. The molecule has 0 aliphatic carbocycles. The zero-order valence-electron chi connectivity index (χ0n) is 15.8. The van der Waals surface area contributed by atoms with Crippen molar-refractivity contribution in [3.63, 3.8) is 0 Å². The van der Waals surface area contributed by atoms with Crippen LogP contribution < -0.4 is 4.74 Å². The zero-order chi connectivity index (χ0) is 21.3.